The van der Waals surface area contributed by atoms with Crippen molar-refractivity contribution < 1.29 is 0 Å². The van der Waals surface area contributed by atoms with Crippen LogP contribution < -0.4 is 0 Å². The second-order valence-electron chi connectivity index (χ2n) is 7.26. The molecule has 0 unspecified atom stereocenters. The van der Waals surface area contributed by atoms with Crippen LogP contribution in [0.1, 0.15) is 84.0 Å². The summed E-state index contributed by atoms with van der Waals surface area (Å²) in [4.78, 5) is 0. The van der Waals surface area contributed by atoms with E-state index in [-0.39, 0.29) is 0 Å². The first-order valence-corrected chi connectivity index (χ1v) is 8.62. The molecule has 0 aliphatic heterocycles. The van der Waals surface area contributed by atoms with Crippen LogP contribution in [-0.4, -0.2) is 0 Å². The molecule has 0 amide bonds. The molecule has 0 saturated heterocycles. The monoisotopic (exact) mass is 258 g/mol. The topological polar surface area (TPSA) is 0 Å². The van der Waals surface area contributed by atoms with Crippen molar-refractivity contribution in [3.63, 3.8) is 0 Å². The lowest BCUT2D eigenvalue weighted by molar-refractivity contribution is 0.0810. The van der Waals surface area contributed by atoms with Gasteiger partial charge in [-0.05, 0) is 75.2 Å². The predicted octanol–water partition coefficient (Wildman–Crippen LogP) is 6.18. The molecule has 0 aromatic rings. The molecular weight excluding hydrogens is 228 g/mol. The standard InChI is InChI=1S/C19H30/c1-15-9-3-4-12-18(15)16(2)19-13-7-5-10-17(19)11-6-8-14-19/h17H,1,3-14H2,2H3. The Hall–Kier alpha value is -0.520. The quantitative estimate of drug-likeness (QED) is 0.526. The predicted molar refractivity (Wildman–Crippen MR) is 83.2 cm³/mol. The fourth-order valence-corrected chi connectivity index (χ4v) is 5.29. The third kappa shape index (κ3) is 2.32. The van der Waals surface area contributed by atoms with Crippen LogP contribution >= 0.6 is 0 Å². The molecule has 106 valence electrons. The van der Waals surface area contributed by atoms with Crippen LogP contribution in [0.25, 0.3) is 0 Å². The summed E-state index contributed by atoms with van der Waals surface area (Å²) >= 11 is 0. The minimum absolute atomic E-state index is 0.589. The van der Waals surface area contributed by atoms with Gasteiger partial charge in [0.1, 0.15) is 0 Å². The van der Waals surface area contributed by atoms with E-state index in [1.165, 1.54) is 82.6 Å². The van der Waals surface area contributed by atoms with Gasteiger partial charge in [-0.15, -0.1) is 0 Å². The van der Waals surface area contributed by atoms with Gasteiger partial charge in [0.15, 0.2) is 0 Å². The van der Waals surface area contributed by atoms with Gasteiger partial charge in [-0.1, -0.05) is 43.4 Å². The highest BCUT2D eigenvalue weighted by atomic mass is 14.5. The smallest absolute Gasteiger partial charge is 0.00567 e. The number of hydrogen-bond acceptors (Lipinski definition) is 0. The number of allylic oxidation sites excluding steroid dienone is 3. The average Bonchev–Trinajstić information content (AvgIpc) is 2.47. The van der Waals surface area contributed by atoms with E-state index < -0.39 is 0 Å². The Morgan fingerprint density at radius 3 is 2.21 bits per heavy atom. The molecule has 0 nitrogen and oxygen atoms in total. The molecule has 0 N–H and O–H groups in total. The lowest BCUT2D eigenvalue weighted by Crippen LogP contribution is -2.38. The fraction of sp³-hybridized carbons (Fsp3) is 0.789. The number of fused-ring (bicyclic) bond motifs is 1. The first-order chi connectivity index (χ1) is 9.24. The van der Waals surface area contributed by atoms with E-state index in [1.807, 2.05) is 0 Å². The van der Waals surface area contributed by atoms with E-state index in [1.54, 1.807) is 11.1 Å². The summed E-state index contributed by atoms with van der Waals surface area (Å²) in [5, 5.41) is 0. The number of hydrogen-bond donors (Lipinski definition) is 0. The molecule has 3 fully saturated rings. The van der Waals surface area contributed by atoms with Crippen molar-refractivity contribution in [1.29, 1.82) is 0 Å². The Morgan fingerprint density at radius 1 is 0.947 bits per heavy atom. The molecule has 0 atom stereocenters. The second kappa shape index (κ2) is 5.46. The number of rotatable bonds is 1. The Balaban J connectivity index is 1.96. The van der Waals surface area contributed by atoms with E-state index >= 15 is 0 Å². The Morgan fingerprint density at radius 2 is 1.58 bits per heavy atom. The van der Waals surface area contributed by atoms with E-state index in [2.05, 4.69) is 13.5 Å². The summed E-state index contributed by atoms with van der Waals surface area (Å²) in [6.45, 7) is 6.87. The maximum absolute atomic E-state index is 4.39. The molecule has 0 heterocycles. The Kier molecular flexibility index (Phi) is 3.87. The van der Waals surface area contributed by atoms with Gasteiger partial charge in [0.05, 0.1) is 0 Å². The lowest BCUT2D eigenvalue weighted by Gasteiger charge is -2.50. The van der Waals surface area contributed by atoms with Crippen LogP contribution in [0.2, 0.25) is 0 Å². The van der Waals surface area contributed by atoms with Crippen molar-refractivity contribution in [1.82, 2.24) is 0 Å². The van der Waals surface area contributed by atoms with E-state index in [0.717, 1.165) is 5.92 Å². The lowest BCUT2D eigenvalue weighted by atomic mass is 9.55. The van der Waals surface area contributed by atoms with Gasteiger partial charge in [-0.25, -0.2) is 0 Å². The zero-order valence-corrected chi connectivity index (χ0v) is 12.8. The molecular formula is C19H30. The highest BCUT2D eigenvalue weighted by Gasteiger charge is 2.44. The maximum atomic E-state index is 4.39. The van der Waals surface area contributed by atoms with Gasteiger partial charge < -0.3 is 0 Å². The van der Waals surface area contributed by atoms with Crippen molar-refractivity contribution in [3.05, 3.63) is 23.3 Å². The van der Waals surface area contributed by atoms with Crippen LogP contribution in [-0.2, 0) is 0 Å². The van der Waals surface area contributed by atoms with Crippen LogP contribution in [0.5, 0.6) is 0 Å². The molecule has 0 aromatic heterocycles. The van der Waals surface area contributed by atoms with Gasteiger partial charge in [-0.3, -0.25) is 0 Å². The van der Waals surface area contributed by atoms with Crippen LogP contribution in [0.4, 0.5) is 0 Å². The average molecular weight is 258 g/mol. The first-order valence-electron chi connectivity index (χ1n) is 8.62. The third-order valence-electron chi connectivity index (χ3n) is 6.41. The summed E-state index contributed by atoms with van der Waals surface area (Å²) in [5.41, 5.74) is 5.54. The van der Waals surface area contributed by atoms with Crippen molar-refractivity contribution in [3.8, 4) is 0 Å². The van der Waals surface area contributed by atoms with Crippen molar-refractivity contribution in [2.75, 3.05) is 0 Å². The molecule has 3 rings (SSSR count). The largest absolute Gasteiger partial charge is 0.0956 e. The molecule has 0 heteroatoms. The van der Waals surface area contributed by atoms with Gasteiger partial charge in [-0.2, -0.15) is 0 Å². The Labute approximate surface area is 119 Å². The van der Waals surface area contributed by atoms with Crippen molar-refractivity contribution in [2.45, 2.75) is 84.0 Å². The molecule has 0 bridgehead atoms. The molecule has 3 saturated carbocycles. The SMILES string of the molecule is C=C1CCCCC1=C(C)C12CCCCC1CCCC2. The van der Waals surface area contributed by atoms with Gasteiger partial charge in [0.25, 0.3) is 0 Å². The third-order valence-corrected chi connectivity index (χ3v) is 6.41. The highest BCUT2D eigenvalue weighted by Crippen LogP contribution is 2.56. The maximum Gasteiger partial charge on any atom is -0.00567 e. The van der Waals surface area contributed by atoms with Crippen LogP contribution in [0.3, 0.4) is 0 Å². The molecule has 3 aliphatic carbocycles. The normalized spacial score (nSPS) is 38.8. The summed E-state index contributed by atoms with van der Waals surface area (Å²) in [7, 11) is 0. The van der Waals surface area contributed by atoms with Crippen molar-refractivity contribution >= 4 is 0 Å². The zero-order valence-electron chi connectivity index (χ0n) is 12.8. The minimum atomic E-state index is 0.589. The molecule has 19 heavy (non-hydrogen) atoms. The fourth-order valence-electron chi connectivity index (χ4n) is 5.29. The second-order valence-corrected chi connectivity index (χ2v) is 7.26. The van der Waals surface area contributed by atoms with Gasteiger partial charge >= 0.3 is 0 Å². The summed E-state index contributed by atoms with van der Waals surface area (Å²) < 4.78 is 0. The Bertz CT molecular complexity index is 373. The van der Waals surface area contributed by atoms with Gasteiger partial charge in [0.2, 0.25) is 0 Å². The molecule has 0 radical (unpaired) electrons. The van der Waals surface area contributed by atoms with Gasteiger partial charge in [0, 0.05) is 0 Å². The van der Waals surface area contributed by atoms with E-state index in [0.29, 0.717) is 5.41 Å². The van der Waals surface area contributed by atoms with E-state index in [4.69, 9.17) is 0 Å². The summed E-state index contributed by atoms with van der Waals surface area (Å²) in [6, 6.07) is 0. The molecule has 3 aliphatic rings. The first kappa shape index (κ1) is 13.5. The van der Waals surface area contributed by atoms with Crippen LogP contribution in [0, 0.1) is 11.3 Å². The molecule has 0 aromatic carbocycles. The zero-order chi connectivity index (χ0) is 13.3. The van der Waals surface area contributed by atoms with Crippen molar-refractivity contribution in [2.24, 2.45) is 11.3 Å². The van der Waals surface area contributed by atoms with E-state index in [9.17, 15) is 0 Å². The molecule has 0 spiro atoms. The minimum Gasteiger partial charge on any atom is -0.0956 e. The highest BCUT2D eigenvalue weighted by molar-refractivity contribution is 5.38. The summed E-state index contributed by atoms with van der Waals surface area (Å²) in [6.07, 6.45) is 17.2. The summed E-state index contributed by atoms with van der Waals surface area (Å²) in [5.74, 6) is 0.997. The van der Waals surface area contributed by atoms with Crippen LogP contribution in [0.15, 0.2) is 23.3 Å².